The van der Waals surface area contributed by atoms with Crippen LogP contribution in [0.25, 0.3) is 0 Å². The van der Waals surface area contributed by atoms with Gasteiger partial charge in [0.15, 0.2) is 0 Å². The zero-order valence-electron chi connectivity index (χ0n) is 26.9. The molecule has 0 bridgehead atoms. The molecule has 41 heavy (non-hydrogen) atoms. The van der Waals surface area contributed by atoms with Gasteiger partial charge in [0.25, 0.3) is 0 Å². The lowest BCUT2D eigenvalue weighted by Crippen LogP contribution is -2.93. The average Bonchev–Trinajstić information content (AvgIpc) is 2.81. The second kappa shape index (κ2) is 10.5. The van der Waals surface area contributed by atoms with E-state index < -0.39 is 16.8 Å². The molecular weight excluding hydrogens is 552 g/mol. The van der Waals surface area contributed by atoms with Gasteiger partial charge in [-0.15, -0.1) is 11.1 Å². The van der Waals surface area contributed by atoms with E-state index in [1.807, 2.05) is 0 Å². The minimum Gasteiger partial charge on any atom is -0.372 e. The van der Waals surface area contributed by atoms with Gasteiger partial charge in [-0.1, -0.05) is 70.8 Å². The Kier molecular flexibility index (Phi) is 7.59. The molecular formula is C36H44ClN2Si2. The van der Waals surface area contributed by atoms with Gasteiger partial charge in [0, 0.05) is 16.6 Å². The van der Waals surface area contributed by atoms with Crippen LogP contribution in [-0.2, 0) is 0 Å². The highest BCUT2D eigenvalue weighted by molar-refractivity contribution is 7.44. The molecule has 1 aliphatic heterocycles. The van der Waals surface area contributed by atoms with Gasteiger partial charge in [0.2, 0.25) is 0 Å². The topological polar surface area (TPSA) is 6.48 Å². The molecule has 0 N–H and O–H groups in total. The van der Waals surface area contributed by atoms with E-state index in [0.717, 1.165) is 0 Å². The van der Waals surface area contributed by atoms with Crippen molar-refractivity contribution >= 4 is 49.7 Å². The van der Waals surface area contributed by atoms with Gasteiger partial charge in [-0.3, -0.25) is 0 Å². The maximum atomic E-state index is 8.46. The van der Waals surface area contributed by atoms with Gasteiger partial charge < -0.3 is 8.46 Å². The van der Waals surface area contributed by atoms with E-state index in [-0.39, 0.29) is 0 Å². The molecule has 0 unspecified atom stereocenters. The maximum absolute atomic E-state index is 8.46. The molecule has 1 heterocycles. The summed E-state index contributed by atoms with van der Waals surface area (Å²) in [5, 5.41) is 2.80. The summed E-state index contributed by atoms with van der Waals surface area (Å²) in [5.41, 5.74) is 18.4. The van der Waals surface area contributed by atoms with E-state index in [9.17, 15) is 0 Å². The largest absolute Gasteiger partial charge is 0.386 e. The van der Waals surface area contributed by atoms with Crippen LogP contribution in [0.2, 0.25) is 0 Å². The normalized spacial score (nSPS) is 15.0. The summed E-state index contributed by atoms with van der Waals surface area (Å²) >= 11 is 8.46. The van der Waals surface area contributed by atoms with Crippen molar-refractivity contribution in [2.45, 2.75) is 83.1 Å². The van der Waals surface area contributed by atoms with E-state index >= 15 is 0 Å². The highest BCUT2D eigenvalue weighted by Gasteiger charge is 2.67. The zero-order chi connectivity index (χ0) is 30.1. The molecule has 213 valence electrons. The molecule has 1 radical (unpaired) electrons. The number of rotatable bonds is 4. The van der Waals surface area contributed by atoms with Crippen molar-refractivity contribution in [3.8, 4) is 0 Å². The van der Waals surface area contributed by atoms with E-state index in [4.69, 9.17) is 11.1 Å². The molecule has 2 nitrogen and oxygen atoms in total. The number of benzene rings is 4. The monoisotopic (exact) mass is 595 g/mol. The van der Waals surface area contributed by atoms with Gasteiger partial charge >= 0.3 is 16.8 Å². The molecule has 0 atom stereocenters. The van der Waals surface area contributed by atoms with Crippen molar-refractivity contribution in [1.82, 2.24) is 0 Å². The Bertz CT molecular complexity index is 1550. The second-order valence-corrected chi connectivity index (χ2v) is 19.7. The molecule has 1 aliphatic rings. The molecule has 1 fully saturated rings. The summed E-state index contributed by atoms with van der Waals surface area (Å²) in [6, 6.07) is 18.7. The first-order valence-corrected chi connectivity index (χ1v) is 19.0. The molecule has 1 saturated heterocycles. The standard InChI is InChI=1S/C36H44ClN2Si2/c1-21-13-25(5)33(26(6)14-21)38-40(35-29(9)17-23(3)18-30(35)10)39(34-27(7)15-22(2)16-28(34)8)41(38,37)36-31(11)19-24(4)20-32(36)12/h13-20H,1-12H3. The van der Waals surface area contributed by atoms with Gasteiger partial charge in [0.1, 0.15) is 0 Å². The van der Waals surface area contributed by atoms with Crippen molar-refractivity contribution in [1.29, 1.82) is 0 Å². The molecule has 0 aliphatic carbocycles. The van der Waals surface area contributed by atoms with Gasteiger partial charge in [0.05, 0.1) is 0 Å². The molecule has 0 amide bonds. The first-order chi connectivity index (χ1) is 19.2. The molecule has 5 rings (SSSR count). The number of halogens is 1. The highest BCUT2D eigenvalue weighted by Crippen LogP contribution is 2.47. The number of aryl methyl sites for hydroxylation is 12. The summed E-state index contributed by atoms with van der Waals surface area (Å²) in [6.07, 6.45) is 0. The van der Waals surface area contributed by atoms with E-state index in [1.165, 1.54) is 88.5 Å². The maximum Gasteiger partial charge on any atom is 0.386 e. The fourth-order valence-electron chi connectivity index (χ4n) is 7.66. The Hall–Kier alpha value is -2.80. The van der Waals surface area contributed by atoms with E-state index in [1.54, 1.807) is 0 Å². The van der Waals surface area contributed by atoms with Crippen molar-refractivity contribution in [2.24, 2.45) is 0 Å². The third kappa shape index (κ3) is 4.68. The predicted octanol–water partition coefficient (Wildman–Crippen LogP) is 8.19. The lowest BCUT2D eigenvalue weighted by Gasteiger charge is -2.64. The van der Waals surface area contributed by atoms with Gasteiger partial charge in [-0.2, -0.15) is 0 Å². The van der Waals surface area contributed by atoms with Crippen LogP contribution in [0.15, 0.2) is 48.5 Å². The van der Waals surface area contributed by atoms with Crippen LogP contribution in [-0.4, -0.2) is 16.8 Å². The van der Waals surface area contributed by atoms with Crippen LogP contribution in [0.1, 0.15) is 66.8 Å². The van der Waals surface area contributed by atoms with E-state index in [2.05, 4.69) is 140 Å². The van der Waals surface area contributed by atoms with Crippen LogP contribution in [0.3, 0.4) is 0 Å². The summed E-state index contributed by atoms with van der Waals surface area (Å²) in [6.45, 7) is 27.0. The minimum atomic E-state index is -3.01. The Morgan fingerprint density at radius 1 is 0.439 bits per heavy atom. The molecule has 4 aromatic carbocycles. The van der Waals surface area contributed by atoms with Crippen molar-refractivity contribution in [3.63, 3.8) is 0 Å². The number of nitrogens with zero attached hydrogens (tertiary/aromatic N) is 2. The zero-order valence-corrected chi connectivity index (χ0v) is 29.6. The van der Waals surface area contributed by atoms with Gasteiger partial charge in [-0.25, -0.2) is 0 Å². The second-order valence-electron chi connectivity index (χ2n) is 12.6. The van der Waals surface area contributed by atoms with Gasteiger partial charge in [-0.05, 0) is 133 Å². The predicted molar refractivity (Wildman–Crippen MR) is 184 cm³/mol. The van der Waals surface area contributed by atoms with Crippen molar-refractivity contribution < 1.29 is 0 Å². The van der Waals surface area contributed by atoms with Crippen LogP contribution in [0.4, 0.5) is 11.4 Å². The lowest BCUT2D eigenvalue weighted by molar-refractivity contribution is 1.17. The van der Waals surface area contributed by atoms with Crippen molar-refractivity contribution in [2.75, 3.05) is 8.46 Å². The first-order valence-electron chi connectivity index (χ1n) is 14.6. The first kappa shape index (κ1) is 29.7. The van der Waals surface area contributed by atoms with Crippen molar-refractivity contribution in [3.05, 3.63) is 115 Å². The molecule has 0 saturated carbocycles. The Balaban J connectivity index is 1.95. The Labute approximate surface area is 255 Å². The Morgan fingerprint density at radius 3 is 1.02 bits per heavy atom. The third-order valence-electron chi connectivity index (χ3n) is 8.63. The Morgan fingerprint density at radius 2 is 0.707 bits per heavy atom. The summed E-state index contributed by atoms with van der Waals surface area (Å²) in [7, 11) is -4.50. The van der Waals surface area contributed by atoms with Crippen LogP contribution in [0.5, 0.6) is 0 Å². The third-order valence-corrected chi connectivity index (χ3v) is 19.9. The molecule has 4 aromatic rings. The number of anilines is 2. The highest BCUT2D eigenvalue weighted by atomic mass is 35.6. The average molecular weight is 596 g/mol. The van der Waals surface area contributed by atoms with Crippen LogP contribution in [0, 0.1) is 83.1 Å². The molecule has 0 aromatic heterocycles. The summed E-state index contributed by atoms with van der Waals surface area (Å²) < 4.78 is 5.52. The van der Waals surface area contributed by atoms with Crippen LogP contribution < -0.4 is 18.8 Å². The number of hydrogen-bond donors (Lipinski definition) is 0. The number of hydrogen-bond acceptors (Lipinski definition) is 2. The van der Waals surface area contributed by atoms with E-state index in [0.29, 0.717) is 0 Å². The lowest BCUT2D eigenvalue weighted by atomic mass is 10.1. The smallest absolute Gasteiger partial charge is 0.372 e. The SMILES string of the molecule is Cc1cc(C)c(N2[Si](c3c(C)cc(C)cc3C)N(c3c(C)cc(C)cc3C)[Si]2(Cl)c2c(C)cc(C)cc2C)c(C)c1. The summed E-state index contributed by atoms with van der Waals surface area (Å²) in [4.78, 5) is 0. The quantitative estimate of drug-likeness (QED) is 0.173. The molecule has 5 heteroatoms. The minimum absolute atomic E-state index is 1.29. The fourth-order valence-corrected chi connectivity index (χ4v) is 20.3. The molecule has 0 spiro atoms. The summed E-state index contributed by atoms with van der Waals surface area (Å²) in [5.74, 6) is 0. The fraction of sp³-hybridized carbons (Fsp3) is 0.333. The van der Waals surface area contributed by atoms with Crippen LogP contribution >= 0.6 is 11.1 Å².